The Balaban J connectivity index is 1.56. The molecule has 12 heteroatoms. The molecule has 1 aromatic heterocycles. The van der Waals surface area contributed by atoms with E-state index in [9.17, 15) is 22.8 Å². The first-order valence-electron chi connectivity index (χ1n) is 10.3. The van der Waals surface area contributed by atoms with Crippen molar-refractivity contribution in [2.24, 2.45) is 7.05 Å². The number of nitrogens with one attached hydrogen (secondary N) is 2. The van der Waals surface area contributed by atoms with E-state index in [0.29, 0.717) is 11.1 Å². The molecule has 2 N–H and O–H groups in total. The fourth-order valence-corrected chi connectivity index (χ4v) is 3.66. The number of halogens is 4. The van der Waals surface area contributed by atoms with Gasteiger partial charge in [-0.05, 0) is 48.2 Å². The van der Waals surface area contributed by atoms with Crippen molar-refractivity contribution >= 4 is 11.8 Å². The van der Waals surface area contributed by atoms with Crippen molar-refractivity contribution in [3.8, 4) is 22.5 Å². The van der Waals surface area contributed by atoms with E-state index in [1.54, 1.807) is 12.1 Å². The van der Waals surface area contributed by atoms with Crippen molar-refractivity contribution in [1.29, 1.82) is 0 Å². The van der Waals surface area contributed by atoms with Crippen LogP contribution in [0.3, 0.4) is 0 Å². The Morgan fingerprint density at radius 3 is 2.44 bits per heavy atom. The summed E-state index contributed by atoms with van der Waals surface area (Å²) in [6.07, 6.45) is -2.81. The highest BCUT2D eigenvalue weighted by Gasteiger charge is 2.52. The summed E-state index contributed by atoms with van der Waals surface area (Å²) < 4.78 is 54.7. The maximum Gasteiger partial charge on any atom is 0.315 e. The molecule has 178 valence electrons. The van der Waals surface area contributed by atoms with Gasteiger partial charge in [0.05, 0.1) is 18.7 Å². The smallest absolute Gasteiger partial charge is 0.315 e. The number of tetrazole rings is 1. The first kappa shape index (κ1) is 23.3. The van der Waals surface area contributed by atoms with Gasteiger partial charge in [-0.3, -0.25) is 9.59 Å². The molecular formula is C22H20F4N6O2. The minimum Gasteiger partial charge on any atom is -0.347 e. The summed E-state index contributed by atoms with van der Waals surface area (Å²) in [5, 5.41) is 16.2. The molecule has 2 amide bonds. The number of hydrogen-bond donors (Lipinski definition) is 2. The lowest BCUT2D eigenvalue weighted by atomic mass is 9.96. The Labute approximate surface area is 191 Å². The van der Waals surface area contributed by atoms with Gasteiger partial charge in [-0.1, -0.05) is 24.3 Å². The predicted molar refractivity (Wildman–Crippen MR) is 112 cm³/mol. The Morgan fingerprint density at radius 2 is 1.85 bits per heavy atom. The fraction of sp³-hybridized carbons (Fsp3) is 0.318. The summed E-state index contributed by atoms with van der Waals surface area (Å²) in [7, 11) is 1.53. The molecule has 34 heavy (non-hydrogen) atoms. The molecule has 3 aromatic rings. The monoisotopic (exact) mass is 476 g/mol. The van der Waals surface area contributed by atoms with E-state index < -0.39 is 41.5 Å². The third-order valence-corrected chi connectivity index (χ3v) is 5.62. The lowest BCUT2D eigenvalue weighted by molar-refractivity contribution is -0.136. The number of benzene rings is 2. The van der Waals surface area contributed by atoms with Crippen LogP contribution in [0.4, 0.5) is 17.6 Å². The lowest BCUT2D eigenvalue weighted by Crippen LogP contribution is -2.51. The zero-order valence-corrected chi connectivity index (χ0v) is 18.2. The van der Waals surface area contributed by atoms with Gasteiger partial charge < -0.3 is 10.6 Å². The van der Waals surface area contributed by atoms with Gasteiger partial charge in [0.1, 0.15) is 17.2 Å². The molecule has 4 rings (SSSR count). The van der Waals surface area contributed by atoms with E-state index >= 15 is 4.39 Å². The molecule has 2 aromatic carbocycles. The molecule has 0 bridgehead atoms. The second-order valence-electron chi connectivity index (χ2n) is 8.07. The minimum absolute atomic E-state index is 0.0429. The summed E-state index contributed by atoms with van der Waals surface area (Å²) in [5.74, 6) is -3.43. The van der Waals surface area contributed by atoms with E-state index in [4.69, 9.17) is 0 Å². The number of rotatable bonds is 7. The van der Waals surface area contributed by atoms with Gasteiger partial charge >= 0.3 is 6.43 Å². The van der Waals surface area contributed by atoms with Crippen LogP contribution in [0.25, 0.3) is 22.5 Å². The second-order valence-corrected chi connectivity index (χ2v) is 8.07. The number of hydrogen-bond acceptors (Lipinski definition) is 5. The Kier molecular flexibility index (Phi) is 6.07. The van der Waals surface area contributed by atoms with Crippen LogP contribution in [-0.4, -0.2) is 44.0 Å². The van der Waals surface area contributed by atoms with Gasteiger partial charge in [0.2, 0.25) is 11.7 Å². The number of aryl methyl sites for hydroxylation is 1. The number of alkyl halides is 2. The first-order chi connectivity index (χ1) is 16.1. The van der Waals surface area contributed by atoms with Crippen LogP contribution in [0.15, 0.2) is 36.4 Å². The summed E-state index contributed by atoms with van der Waals surface area (Å²) in [4.78, 5) is 25.0. The number of carbonyl (C=O) groups excluding carboxylic acids is 2. The normalized spacial score (nSPS) is 15.1. The minimum atomic E-state index is -3.24. The molecular weight excluding hydrogens is 456 g/mol. The van der Waals surface area contributed by atoms with E-state index in [1.807, 2.05) is 5.32 Å². The van der Waals surface area contributed by atoms with Crippen molar-refractivity contribution in [1.82, 2.24) is 30.8 Å². The third-order valence-electron chi connectivity index (χ3n) is 5.62. The van der Waals surface area contributed by atoms with Crippen molar-refractivity contribution in [2.45, 2.75) is 37.8 Å². The van der Waals surface area contributed by atoms with Crippen molar-refractivity contribution in [3.63, 3.8) is 0 Å². The van der Waals surface area contributed by atoms with E-state index in [1.165, 1.54) is 43.0 Å². The molecule has 0 saturated heterocycles. The van der Waals surface area contributed by atoms with Gasteiger partial charge in [-0.2, -0.15) is 13.6 Å². The van der Waals surface area contributed by atoms with Crippen LogP contribution in [0.1, 0.15) is 31.4 Å². The predicted octanol–water partition coefficient (Wildman–Crippen LogP) is 2.91. The van der Waals surface area contributed by atoms with Crippen LogP contribution < -0.4 is 10.6 Å². The Hall–Kier alpha value is -3.83. The molecule has 0 spiro atoms. The molecule has 1 aliphatic rings. The lowest BCUT2D eigenvalue weighted by Gasteiger charge is -2.21. The highest BCUT2D eigenvalue weighted by molar-refractivity contribution is 5.95. The van der Waals surface area contributed by atoms with Crippen molar-refractivity contribution < 1.29 is 27.2 Å². The second kappa shape index (κ2) is 8.84. The topological polar surface area (TPSA) is 102 Å². The summed E-state index contributed by atoms with van der Waals surface area (Å²) in [5.41, 5.74) is -0.511. The SMILES string of the molecule is C[C@@H](NC(=O)C1(NC(=O)C(F)F)CC1)c1ccc(-c2cccc(F)c2-c2nnn(C)n2)cc1F. The molecule has 1 saturated carbocycles. The molecule has 1 atom stereocenters. The van der Waals surface area contributed by atoms with Gasteiger partial charge in [-0.25, -0.2) is 8.78 Å². The van der Waals surface area contributed by atoms with Crippen LogP contribution >= 0.6 is 0 Å². The van der Waals surface area contributed by atoms with E-state index in [0.717, 1.165) is 0 Å². The fourth-order valence-electron chi connectivity index (χ4n) is 3.66. The third kappa shape index (κ3) is 4.47. The quantitative estimate of drug-likeness (QED) is 0.511. The number of carbonyl (C=O) groups is 2. The number of nitrogens with zero attached hydrogens (tertiary/aromatic N) is 4. The standard InChI is InChI=1S/C22H20F4N6O2/c1-11(27-21(34)22(8-9-22)28-20(33)18(25)26)13-7-6-12(10-16(13)24)14-4-3-5-15(23)17(14)19-29-31-32(2)30-19/h3-7,10-11,18H,8-9H2,1-2H3,(H,27,34)(H,28,33)/t11-/m1/s1. The van der Waals surface area contributed by atoms with E-state index in [2.05, 4.69) is 20.7 Å². The van der Waals surface area contributed by atoms with Gasteiger partial charge in [-0.15, -0.1) is 10.2 Å². The average Bonchev–Trinajstić information content (AvgIpc) is 3.45. The van der Waals surface area contributed by atoms with Crippen LogP contribution in [0.2, 0.25) is 0 Å². The molecule has 0 radical (unpaired) electrons. The van der Waals surface area contributed by atoms with Crippen LogP contribution in [0.5, 0.6) is 0 Å². The summed E-state index contributed by atoms with van der Waals surface area (Å²) >= 11 is 0. The molecule has 1 heterocycles. The highest BCUT2D eigenvalue weighted by Crippen LogP contribution is 2.37. The molecule has 0 unspecified atom stereocenters. The molecule has 0 aliphatic heterocycles. The summed E-state index contributed by atoms with van der Waals surface area (Å²) in [6.45, 7) is 1.53. The Morgan fingerprint density at radius 1 is 1.12 bits per heavy atom. The van der Waals surface area contributed by atoms with Gasteiger partial charge in [0, 0.05) is 5.56 Å². The van der Waals surface area contributed by atoms with Crippen molar-refractivity contribution in [2.75, 3.05) is 0 Å². The van der Waals surface area contributed by atoms with Crippen LogP contribution in [-0.2, 0) is 16.6 Å². The van der Waals surface area contributed by atoms with Gasteiger partial charge in [0.15, 0.2) is 0 Å². The average molecular weight is 476 g/mol. The maximum absolute atomic E-state index is 15.0. The highest BCUT2D eigenvalue weighted by atomic mass is 19.3. The first-order valence-corrected chi connectivity index (χ1v) is 10.3. The van der Waals surface area contributed by atoms with Crippen molar-refractivity contribution in [3.05, 3.63) is 53.6 Å². The van der Waals surface area contributed by atoms with E-state index in [-0.39, 0.29) is 29.8 Å². The summed E-state index contributed by atoms with van der Waals surface area (Å²) in [6, 6.07) is 7.67. The zero-order valence-electron chi connectivity index (χ0n) is 18.2. The zero-order chi connectivity index (χ0) is 24.6. The molecule has 1 fully saturated rings. The van der Waals surface area contributed by atoms with Crippen LogP contribution in [0, 0.1) is 11.6 Å². The van der Waals surface area contributed by atoms with Gasteiger partial charge in [0.25, 0.3) is 5.91 Å². The molecule has 8 nitrogen and oxygen atoms in total. The molecule has 1 aliphatic carbocycles. The Bertz CT molecular complexity index is 1260. The maximum atomic E-state index is 15.0. The number of aromatic nitrogens is 4. The number of amides is 2. The largest absolute Gasteiger partial charge is 0.347 e.